The van der Waals surface area contributed by atoms with E-state index in [1.807, 2.05) is 24.3 Å². The first kappa shape index (κ1) is 16.0. The lowest BCUT2D eigenvalue weighted by molar-refractivity contribution is 0.171. The number of ether oxygens (including phenoxy) is 2. The van der Waals surface area contributed by atoms with E-state index in [-0.39, 0.29) is 11.4 Å². The van der Waals surface area contributed by atoms with E-state index < -0.39 is 0 Å². The zero-order valence-corrected chi connectivity index (χ0v) is 14.8. The van der Waals surface area contributed by atoms with Crippen molar-refractivity contribution in [1.82, 2.24) is 9.97 Å². The largest absolute Gasteiger partial charge is 0.486 e. The number of thiophene rings is 1. The van der Waals surface area contributed by atoms with Crippen molar-refractivity contribution < 1.29 is 13.9 Å². The van der Waals surface area contributed by atoms with E-state index in [2.05, 4.69) is 9.97 Å². The molecule has 3 heterocycles. The SMILES string of the molecule is O=c1[nH]c(-c2ccc3c(c2)OCCO3)nc2cc(-c3ccc(F)cc3)sc12. The number of halogens is 1. The third-order valence-corrected chi connectivity index (χ3v) is 5.50. The number of aromatic amines is 1. The second-order valence-corrected chi connectivity index (χ2v) is 7.16. The molecular formula is C20H13FN2O3S. The van der Waals surface area contributed by atoms with E-state index in [4.69, 9.17) is 9.47 Å². The van der Waals surface area contributed by atoms with E-state index in [0.717, 1.165) is 16.0 Å². The first-order chi connectivity index (χ1) is 13.2. The van der Waals surface area contributed by atoms with Crippen LogP contribution < -0.4 is 15.0 Å². The van der Waals surface area contributed by atoms with Gasteiger partial charge in [-0.15, -0.1) is 11.3 Å². The summed E-state index contributed by atoms with van der Waals surface area (Å²) in [6.07, 6.45) is 0. The van der Waals surface area contributed by atoms with E-state index in [0.29, 0.717) is 40.8 Å². The van der Waals surface area contributed by atoms with Crippen molar-refractivity contribution >= 4 is 21.6 Å². The molecule has 1 aliphatic rings. The van der Waals surface area contributed by atoms with Crippen LogP contribution in [0.5, 0.6) is 11.5 Å². The van der Waals surface area contributed by atoms with Crippen molar-refractivity contribution in [2.75, 3.05) is 13.2 Å². The Morgan fingerprint density at radius 2 is 1.70 bits per heavy atom. The fraction of sp³-hybridized carbons (Fsp3) is 0.100. The lowest BCUT2D eigenvalue weighted by Gasteiger charge is -2.18. The molecule has 0 saturated carbocycles. The Morgan fingerprint density at radius 3 is 2.52 bits per heavy atom. The van der Waals surface area contributed by atoms with Crippen molar-refractivity contribution in [2.24, 2.45) is 0 Å². The molecule has 0 saturated heterocycles. The van der Waals surface area contributed by atoms with Crippen LogP contribution in [0.4, 0.5) is 4.39 Å². The van der Waals surface area contributed by atoms with Gasteiger partial charge in [0.25, 0.3) is 5.56 Å². The van der Waals surface area contributed by atoms with E-state index in [1.165, 1.54) is 23.5 Å². The number of H-pyrrole nitrogens is 1. The molecule has 0 amide bonds. The number of nitrogens with zero attached hydrogens (tertiary/aromatic N) is 1. The number of aromatic nitrogens is 2. The van der Waals surface area contributed by atoms with Gasteiger partial charge in [-0.1, -0.05) is 12.1 Å². The second kappa shape index (κ2) is 6.21. The Morgan fingerprint density at radius 1 is 0.963 bits per heavy atom. The molecule has 2 aromatic carbocycles. The van der Waals surface area contributed by atoms with Crippen molar-refractivity contribution in [3.8, 4) is 33.3 Å². The molecule has 0 atom stereocenters. The minimum atomic E-state index is -0.295. The van der Waals surface area contributed by atoms with Gasteiger partial charge in [0.2, 0.25) is 0 Å². The molecule has 0 radical (unpaired) electrons. The smallest absolute Gasteiger partial charge is 0.269 e. The van der Waals surface area contributed by atoms with Crippen LogP contribution in [0.2, 0.25) is 0 Å². The Labute approximate surface area is 157 Å². The van der Waals surface area contributed by atoms with Crippen LogP contribution in [-0.2, 0) is 0 Å². The van der Waals surface area contributed by atoms with Gasteiger partial charge < -0.3 is 14.5 Å². The topological polar surface area (TPSA) is 64.2 Å². The highest BCUT2D eigenvalue weighted by molar-refractivity contribution is 7.22. The predicted molar refractivity (Wildman–Crippen MR) is 102 cm³/mol. The van der Waals surface area contributed by atoms with Crippen LogP contribution in [0.1, 0.15) is 0 Å². The molecule has 7 heteroatoms. The third kappa shape index (κ3) is 2.86. The maximum Gasteiger partial charge on any atom is 0.269 e. The first-order valence-electron chi connectivity index (χ1n) is 8.37. The van der Waals surface area contributed by atoms with E-state index >= 15 is 0 Å². The summed E-state index contributed by atoms with van der Waals surface area (Å²) < 4.78 is 24.8. The molecule has 2 aromatic heterocycles. The lowest BCUT2D eigenvalue weighted by Crippen LogP contribution is -2.15. The average molecular weight is 380 g/mol. The average Bonchev–Trinajstić information content (AvgIpc) is 3.13. The summed E-state index contributed by atoms with van der Waals surface area (Å²) in [6.45, 7) is 1.01. The molecule has 1 N–H and O–H groups in total. The molecule has 1 aliphatic heterocycles. The monoisotopic (exact) mass is 380 g/mol. The van der Waals surface area contributed by atoms with Gasteiger partial charge in [0.05, 0.1) is 5.52 Å². The number of benzene rings is 2. The number of hydrogen-bond donors (Lipinski definition) is 1. The van der Waals surface area contributed by atoms with Crippen LogP contribution >= 0.6 is 11.3 Å². The molecule has 0 aliphatic carbocycles. The van der Waals surface area contributed by atoms with Crippen LogP contribution in [0, 0.1) is 5.82 Å². The van der Waals surface area contributed by atoms with Crippen LogP contribution in [0.3, 0.4) is 0 Å². The molecule has 5 rings (SSSR count). The predicted octanol–water partition coefficient (Wildman–Crippen LogP) is 4.23. The highest BCUT2D eigenvalue weighted by atomic mass is 32.1. The molecule has 0 unspecified atom stereocenters. The summed E-state index contributed by atoms with van der Waals surface area (Å²) in [4.78, 5) is 20.9. The number of fused-ring (bicyclic) bond motifs is 2. The molecule has 0 fully saturated rings. The van der Waals surface area contributed by atoms with Gasteiger partial charge in [-0.25, -0.2) is 9.37 Å². The summed E-state index contributed by atoms with van der Waals surface area (Å²) >= 11 is 1.34. The minimum Gasteiger partial charge on any atom is -0.486 e. The summed E-state index contributed by atoms with van der Waals surface area (Å²) in [6, 6.07) is 13.5. The Balaban J connectivity index is 1.60. The maximum absolute atomic E-state index is 13.1. The van der Waals surface area contributed by atoms with Gasteiger partial charge in [0.15, 0.2) is 11.5 Å². The molecule has 0 bridgehead atoms. The molecule has 134 valence electrons. The van der Waals surface area contributed by atoms with Crippen molar-refractivity contribution in [3.05, 3.63) is 64.7 Å². The maximum atomic E-state index is 13.1. The van der Waals surface area contributed by atoms with Crippen LogP contribution in [0.25, 0.3) is 32.0 Å². The number of nitrogens with one attached hydrogen (secondary N) is 1. The Bertz CT molecular complexity index is 1210. The lowest BCUT2D eigenvalue weighted by atomic mass is 10.1. The Kier molecular flexibility index (Phi) is 3.68. The fourth-order valence-electron chi connectivity index (χ4n) is 3.02. The standard InChI is InChI=1S/C20H13FN2O3S/c21-13-4-1-11(2-5-13)17-10-14-18(27-17)20(24)23-19(22-14)12-3-6-15-16(9-12)26-8-7-25-15/h1-6,9-10H,7-8H2,(H,22,23,24). The highest BCUT2D eigenvalue weighted by Gasteiger charge is 2.15. The molecule has 27 heavy (non-hydrogen) atoms. The van der Waals surface area contributed by atoms with Gasteiger partial charge >= 0.3 is 0 Å². The van der Waals surface area contributed by atoms with Crippen LogP contribution in [0.15, 0.2) is 53.3 Å². The number of rotatable bonds is 2. The van der Waals surface area contributed by atoms with Gasteiger partial charge in [0, 0.05) is 10.4 Å². The van der Waals surface area contributed by atoms with E-state index in [9.17, 15) is 9.18 Å². The number of hydrogen-bond acceptors (Lipinski definition) is 5. The molecular weight excluding hydrogens is 367 g/mol. The second-order valence-electron chi connectivity index (χ2n) is 6.10. The van der Waals surface area contributed by atoms with Crippen LogP contribution in [-0.4, -0.2) is 23.2 Å². The van der Waals surface area contributed by atoms with Gasteiger partial charge in [0.1, 0.15) is 29.6 Å². The minimum absolute atomic E-state index is 0.205. The van der Waals surface area contributed by atoms with Gasteiger partial charge in [-0.2, -0.15) is 0 Å². The molecule has 5 nitrogen and oxygen atoms in total. The fourth-order valence-corrected chi connectivity index (χ4v) is 4.02. The van der Waals surface area contributed by atoms with E-state index in [1.54, 1.807) is 12.1 Å². The zero-order chi connectivity index (χ0) is 18.4. The van der Waals surface area contributed by atoms with Crippen molar-refractivity contribution in [2.45, 2.75) is 0 Å². The summed E-state index contributed by atoms with van der Waals surface area (Å²) in [5.74, 6) is 1.49. The summed E-state index contributed by atoms with van der Waals surface area (Å²) in [5.41, 5.74) is 1.99. The normalized spacial score (nSPS) is 13.1. The summed E-state index contributed by atoms with van der Waals surface area (Å²) in [7, 11) is 0. The van der Waals surface area contributed by atoms with Crippen molar-refractivity contribution in [1.29, 1.82) is 0 Å². The third-order valence-electron chi connectivity index (χ3n) is 4.33. The molecule has 4 aromatic rings. The highest BCUT2D eigenvalue weighted by Crippen LogP contribution is 2.35. The van der Waals surface area contributed by atoms with Crippen molar-refractivity contribution in [3.63, 3.8) is 0 Å². The molecule has 0 spiro atoms. The quantitative estimate of drug-likeness (QED) is 0.565. The van der Waals surface area contributed by atoms with Gasteiger partial charge in [-0.3, -0.25) is 4.79 Å². The zero-order valence-electron chi connectivity index (χ0n) is 14.0. The Hall–Kier alpha value is -3.19. The summed E-state index contributed by atoms with van der Waals surface area (Å²) in [5, 5.41) is 0. The van der Waals surface area contributed by atoms with Gasteiger partial charge in [-0.05, 0) is 42.0 Å². The first-order valence-corrected chi connectivity index (χ1v) is 9.19.